The van der Waals surface area contributed by atoms with E-state index in [9.17, 15) is 0 Å². The Bertz CT molecular complexity index is 460. The van der Waals surface area contributed by atoms with E-state index in [-0.39, 0.29) is 24.0 Å². The molecule has 0 aliphatic carbocycles. The second kappa shape index (κ2) is 8.64. The molecule has 2 heterocycles. The van der Waals surface area contributed by atoms with Crippen molar-refractivity contribution >= 4 is 35.8 Å². The van der Waals surface area contributed by atoms with Gasteiger partial charge in [-0.3, -0.25) is 4.99 Å². The van der Waals surface area contributed by atoms with Crippen molar-refractivity contribution in [3.8, 4) is 12.3 Å². The van der Waals surface area contributed by atoms with Crippen LogP contribution in [0.2, 0.25) is 0 Å². The third kappa shape index (κ3) is 4.27. The van der Waals surface area contributed by atoms with Gasteiger partial charge in [0.15, 0.2) is 5.96 Å². The standard InChI is InChI=1S/C14H19N5.HI/c1-3-7-17-14(15-2)19-11-9-18(10-12-19)13-6-4-5-8-16-13;/h1,4-6,8H,7,9-12H2,2H3,(H,15,17);1H. The Morgan fingerprint density at radius 1 is 1.40 bits per heavy atom. The largest absolute Gasteiger partial charge is 0.353 e. The average molecular weight is 385 g/mol. The summed E-state index contributed by atoms with van der Waals surface area (Å²) >= 11 is 0. The number of hydrogen-bond acceptors (Lipinski definition) is 3. The van der Waals surface area contributed by atoms with Gasteiger partial charge in [0.1, 0.15) is 5.82 Å². The molecule has 0 radical (unpaired) electrons. The van der Waals surface area contributed by atoms with E-state index in [1.807, 2.05) is 24.4 Å². The maximum Gasteiger partial charge on any atom is 0.194 e. The van der Waals surface area contributed by atoms with Crippen LogP contribution in [0.3, 0.4) is 0 Å². The fourth-order valence-electron chi connectivity index (χ4n) is 2.15. The molecule has 2 rings (SSSR count). The Morgan fingerprint density at radius 3 is 2.70 bits per heavy atom. The summed E-state index contributed by atoms with van der Waals surface area (Å²) in [6.07, 6.45) is 7.09. The van der Waals surface area contributed by atoms with Crippen molar-refractivity contribution in [2.24, 2.45) is 4.99 Å². The van der Waals surface area contributed by atoms with Crippen molar-refractivity contribution in [2.75, 3.05) is 44.7 Å². The average Bonchev–Trinajstić information content (AvgIpc) is 2.49. The van der Waals surface area contributed by atoms with Crippen LogP contribution in [0.25, 0.3) is 0 Å². The van der Waals surface area contributed by atoms with Gasteiger partial charge in [-0.1, -0.05) is 12.0 Å². The van der Waals surface area contributed by atoms with E-state index in [2.05, 4.69) is 31.0 Å². The Morgan fingerprint density at radius 2 is 2.15 bits per heavy atom. The second-order valence-corrected chi connectivity index (χ2v) is 4.27. The molecular formula is C14H20IN5. The van der Waals surface area contributed by atoms with Crippen molar-refractivity contribution in [2.45, 2.75) is 0 Å². The molecule has 0 spiro atoms. The SMILES string of the molecule is C#CCNC(=NC)N1CCN(c2ccccn2)CC1.I. The molecule has 0 amide bonds. The minimum Gasteiger partial charge on any atom is -0.353 e. The van der Waals surface area contributed by atoms with E-state index in [1.54, 1.807) is 7.05 Å². The minimum absolute atomic E-state index is 0. The number of anilines is 1. The number of pyridine rings is 1. The number of hydrogen-bond donors (Lipinski definition) is 1. The summed E-state index contributed by atoms with van der Waals surface area (Å²) in [6, 6.07) is 5.99. The van der Waals surface area contributed by atoms with Crippen LogP contribution in [-0.4, -0.2) is 55.6 Å². The van der Waals surface area contributed by atoms with Crippen molar-refractivity contribution in [1.29, 1.82) is 0 Å². The molecule has 108 valence electrons. The van der Waals surface area contributed by atoms with Gasteiger partial charge in [-0.2, -0.15) is 0 Å². The van der Waals surface area contributed by atoms with E-state index in [0.717, 1.165) is 38.0 Å². The van der Waals surface area contributed by atoms with Gasteiger partial charge in [-0.25, -0.2) is 4.98 Å². The van der Waals surface area contributed by atoms with Crippen LogP contribution in [0, 0.1) is 12.3 Å². The quantitative estimate of drug-likeness (QED) is 0.358. The van der Waals surface area contributed by atoms with E-state index in [0.29, 0.717) is 6.54 Å². The topological polar surface area (TPSA) is 43.8 Å². The van der Waals surface area contributed by atoms with Crippen LogP contribution in [0.1, 0.15) is 0 Å². The first-order valence-corrected chi connectivity index (χ1v) is 6.40. The van der Waals surface area contributed by atoms with Crippen molar-refractivity contribution < 1.29 is 0 Å². The van der Waals surface area contributed by atoms with E-state index in [1.165, 1.54) is 0 Å². The zero-order chi connectivity index (χ0) is 13.5. The third-order valence-electron chi connectivity index (χ3n) is 3.11. The zero-order valence-electron chi connectivity index (χ0n) is 11.6. The molecular weight excluding hydrogens is 365 g/mol. The number of piperazine rings is 1. The Balaban J connectivity index is 0.00000200. The minimum atomic E-state index is 0. The number of aromatic nitrogens is 1. The van der Waals surface area contributed by atoms with Gasteiger partial charge in [-0.05, 0) is 12.1 Å². The lowest BCUT2D eigenvalue weighted by Gasteiger charge is -2.36. The summed E-state index contributed by atoms with van der Waals surface area (Å²) in [4.78, 5) is 13.1. The van der Waals surface area contributed by atoms with Gasteiger partial charge >= 0.3 is 0 Å². The van der Waals surface area contributed by atoms with Crippen LogP contribution in [-0.2, 0) is 0 Å². The monoisotopic (exact) mass is 385 g/mol. The molecule has 0 atom stereocenters. The van der Waals surface area contributed by atoms with Crippen molar-refractivity contribution in [3.63, 3.8) is 0 Å². The number of nitrogens with zero attached hydrogens (tertiary/aromatic N) is 4. The molecule has 1 fully saturated rings. The summed E-state index contributed by atoms with van der Waals surface area (Å²) in [5.74, 6) is 4.48. The number of aliphatic imine (C=N–C) groups is 1. The van der Waals surface area contributed by atoms with Gasteiger partial charge in [0.25, 0.3) is 0 Å². The lowest BCUT2D eigenvalue weighted by molar-refractivity contribution is 0.373. The lowest BCUT2D eigenvalue weighted by Crippen LogP contribution is -2.52. The normalized spacial score (nSPS) is 15.3. The summed E-state index contributed by atoms with van der Waals surface area (Å²) in [5.41, 5.74) is 0. The predicted molar refractivity (Wildman–Crippen MR) is 93.6 cm³/mol. The van der Waals surface area contributed by atoms with E-state index < -0.39 is 0 Å². The molecule has 5 nitrogen and oxygen atoms in total. The zero-order valence-corrected chi connectivity index (χ0v) is 13.9. The molecule has 0 aromatic carbocycles. The Labute approximate surface area is 137 Å². The highest BCUT2D eigenvalue weighted by Crippen LogP contribution is 2.12. The van der Waals surface area contributed by atoms with Crippen molar-refractivity contribution in [3.05, 3.63) is 24.4 Å². The van der Waals surface area contributed by atoms with Crippen LogP contribution < -0.4 is 10.2 Å². The summed E-state index contributed by atoms with van der Waals surface area (Å²) in [5, 5.41) is 3.15. The van der Waals surface area contributed by atoms with Gasteiger partial charge in [0.2, 0.25) is 0 Å². The molecule has 1 aliphatic rings. The van der Waals surface area contributed by atoms with Crippen LogP contribution in [0.4, 0.5) is 5.82 Å². The molecule has 0 bridgehead atoms. The highest BCUT2D eigenvalue weighted by atomic mass is 127. The molecule has 1 N–H and O–H groups in total. The number of halogens is 1. The Hall–Kier alpha value is -1.49. The molecule has 1 saturated heterocycles. The first-order chi connectivity index (χ1) is 9.35. The van der Waals surface area contributed by atoms with Crippen molar-refractivity contribution in [1.82, 2.24) is 15.2 Å². The molecule has 1 aromatic heterocycles. The van der Waals surface area contributed by atoms with E-state index >= 15 is 0 Å². The summed E-state index contributed by atoms with van der Waals surface area (Å²) < 4.78 is 0. The molecule has 1 aliphatic heterocycles. The molecule has 6 heteroatoms. The third-order valence-corrected chi connectivity index (χ3v) is 3.11. The highest BCUT2D eigenvalue weighted by Gasteiger charge is 2.19. The first-order valence-electron chi connectivity index (χ1n) is 6.40. The molecule has 20 heavy (non-hydrogen) atoms. The number of rotatable bonds is 2. The predicted octanol–water partition coefficient (Wildman–Crippen LogP) is 1.03. The highest BCUT2D eigenvalue weighted by molar-refractivity contribution is 14.0. The maximum absolute atomic E-state index is 5.26. The number of guanidine groups is 1. The number of terminal acetylenes is 1. The van der Waals surface area contributed by atoms with Crippen LogP contribution >= 0.6 is 24.0 Å². The lowest BCUT2D eigenvalue weighted by atomic mass is 10.3. The maximum atomic E-state index is 5.26. The summed E-state index contributed by atoms with van der Waals surface area (Å²) in [7, 11) is 1.78. The van der Waals surface area contributed by atoms with Gasteiger partial charge < -0.3 is 15.1 Å². The van der Waals surface area contributed by atoms with Gasteiger partial charge in [0, 0.05) is 39.4 Å². The smallest absolute Gasteiger partial charge is 0.194 e. The summed E-state index contributed by atoms with van der Waals surface area (Å²) in [6.45, 7) is 4.22. The van der Waals surface area contributed by atoms with Gasteiger partial charge in [-0.15, -0.1) is 30.4 Å². The first kappa shape index (κ1) is 16.6. The van der Waals surface area contributed by atoms with Crippen LogP contribution in [0.5, 0.6) is 0 Å². The Kier molecular flexibility index (Phi) is 7.15. The van der Waals surface area contributed by atoms with Crippen LogP contribution in [0.15, 0.2) is 29.4 Å². The molecule has 1 aromatic rings. The molecule has 0 saturated carbocycles. The fourth-order valence-corrected chi connectivity index (χ4v) is 2.15. The van der Waals surface area contributed by atoms with E-state index in [4.69, 9.17) is 6.42 Å². The van der Waals surface area contributed by atoms with Gasteiger partial charge in [0.05, 0.1) is 6.54 Å². The molecule has 0 unspecified atom stereocenters. The number of nitrogens with one attached hydrogen (secondary N) is 1. The second-order valence-electron chi connectivity index (χ2n) is 4.27. The fraction of sp³-hybridized carbons (Fsp3) is 0.429.